The third kappa shape index (κ3) is 3.71. The molecule has 1 aromatic carbocycles. The molecular weight excluding hydrogens is 344 g/mol. The molecule has 3 rings (SSSR count). The molecule has 0 spiro atoms. The number of aliphatic hydroxyl groups excluding tert-OH is 1. The third-order valence-electron chi connectivity index (χ3n) is 4.59. The fraction of sp³-hybridized carbons (Fsp3) is 0.500. The van der Waals surface area contributed by atoms with Crippen molar-refractivity contribution < 1.29 is 39.2 Å². The Kier molecular flexibility index (Phi) is 4.97. The van der Waals surface area contributed by atoms with Crippen LogP contribution in [0.2, 0.25) is 0 Å². The molecule has 3 N–H and O–H groups in total. The average Bonchev–Trinajstić information content (AvgIpc) is 3.31. The van der Waals surface area contributed by atoms with E-state index in [2.05, 4.69) is 0 Å². The number of benzene rings is 1. The van der Waals surface area contributed by atoms with Crippen LogP contribution in [-0.2, 0) is 19.1 Å². The number of hydrogen-bond donors (Lipinski definition) is 3. The van der Waals surface area contributed by atoms with Gasteiger partial charge in [0.1, 0.15) is 29.3 Å². The van der Waals surface area contributed by atoms with Crippen molar-refractivity contribution in [2.75, 3.05) is 0 Å². The van der Waals surface area contributed by atoms with Crippen molar-refractivity contribution in [2.45, 2.75) is 57.0 Å². The number of esters is 1. The molecule has 1 saturated heterocycles. The van der Waals surface area contributed by atoms with Gasteiger partial charge in [-0.15, -0.1) is 0 Å². The Bertz CT molecular complexity index is 756. The van der Waals surface area contributed by atoms with Gasteiger partial charge in [0.2, 0.25) is 11.6 Å². The Balaban J connectivity index is 1.94. The zero-order valence-electron chi connectivity index (χ0n) is 14.2. The molecule has 0 amide bonds. The van der Waals surface area contributed by atoms with Crippen molar-refractivity contribution in [2.24, 2.45) is 0 Å². The summed E-state index contributed by atoms with van der Waals surface area (Å²) in [5.41, 5.74) is 0.0700. The van der Waals surface area contributed by atoms with Crippen molar-refractivity contribution in [3.05, 3.63) is 23.3 Å². The summed E-state index contributed by atoms with van der Waals surface area (Å²) in [5, 5.41) is 29.7. The number of cyclic esters (lactones) is 1. The number of aromatic hydroxyl groups is 2. The van der Waals surface area contributed by atoms with Crippen molar-refractivity contribution in [1.82, 2.24) is 0 Å². The topological polar surface area (TPSA) is 134 Å². The molecule has 0 aromatic heterocycles. The predicted octanol–water partition coefficient (Wildman–Crippen LogP) is 1.16. The van der Waals surface area contributed by atoms with E-state index in [9.17, 15) is 29.7 Å². The van der Waals surface area contributed by atoms with Gasteiger partial charge >= 0.3 is 5.97 Å². The van der Waals surface area contributed by atoms with E-state index in [4.69, 9.17) is 9.47 Å². The van der Waals surface area contributed by atoms with E-state index in [1.165, 1.54) is 6.07 Å². The van der Waals surface area contributed by atoms with Gasteiger partial charge < -0.3 is 24.8 Å². The summed E-state index contributed by atoms with van der Waals surface area (Å²) in [6, 6.07) is 2.29. The number of aliphatic hydroxyl groups is 1. The Morgan fingerprint density at radius 2 is 1.85 bits per heavy atom. The van der Waals surface area contributed by atoms with Gasteiger partial charge in [-0.3, -0.25) is 9.59 Å². The molecule has 8 heteroatoms. The number of ether oxygens (including phenoxy) is 2. The maximum absolute atomic E-state index is 12.5. The molecule has 0 aliphatic carbocycles. The minimum Gasteiger partial charge on any atom is -0.508 e. The van der Waals surface area contributed by atoms with Gasteiger partial charge in [0.15, 0.2) is 0 Å². The van der Waals surface area contributed by atoms with Gasteiger partial charge in [0.25, 0.3) is 0 Å². The summed E-state index contributed by atoms with van der Waals surface area (Å²) >= 11 is 0. The van der Waals surface area contributed by atoms with Gasteiger partial charge in [0, 0.05) is 18.1 Å². The second kappa shape index (κ2) is 7.05. The van der Waals surface area contributed by atoms with Crippen LogP contribution in [0.25, 0.3) is 0 Å². The van der Waals surface area contributed by atoms with Crippen LogP contribution in [0.3, 0.4) is 0 Å². The summed E-state index contributed by atoms with van der Waals surface area (Å²) in [4.78, 5) is 36.4. The highest BCUT2D eigenvalue weighted by Gasteiger charge is 2.46. The first-order valence-electron chi connectivity index (χ1n) is 8.45. The van der Waals surface area contributed by atoms with E-state index in [0.717, 1.165) is 6.07 Å². The molecule has 1 aromatic rings. The number of epoxide rings is 1. The van der Waals surface area contributed by atoms with Crippen molar-refractivity contribution >= 4 is 17.5 Å². The highest BCUT2D eigenvalue weighted by Crippen LogP contribution is 2.46. The minimum atomic E-state index is -1.38. The number of ketones is 2. The fourth-order valence-corrected chi connectivity index (χ4v) is 3.15. The molecule has 1 fully saturated rings. The molecule has 2 heterocycles. The van der Waals surface area contributed by atoms with E-state index >= 15 is 0 Å². The van der Waals surface area contributed by atoms with Crippen molar-refractivity contribution in [3.63, 3.8) is 0 Å². The third-order valence-corrected chi connectivity index (χ3v) is 4.59. The summed E-state index contributed by atoms with van der Waals surface area (Å²) in [5.74, 6) is -3.09. The number of fused-ring (bicyclic) bond motifs is 3. The van der Waals surface area contributed by atoms with Crippen LogP contribution >= 0.6 is 0 Å². The van der Waals surface area contributed by atoms with Crippen LogP contribution in [0, 0.1) is 0 Å². The normalized spacial score (nSPS) is 30.0. The number of rotatable bonds is 0. The van der Waals surface area contributed by atoms with Crippen LogP contribution in [0.15, 0.2) is 12.1 Å². The SMILES string of the molecule is C[C@H]1CCCC(O)C(=O)C(=O)C[C@H]2O[C@@H]2c2cc(O)cc(O)c2C(=O)O1. The highest BCUT2D eigenvalue weighted by atomic mass is 16.6. The molecule has 0 bridgehead atoms. The van der Waals surface area contributed by atoms with Crippen LogP contribution in [0.5, 0.6) is 11.5 Å². The molecule has 0 saturated carbocycles. The van der Waals surface area contributed by atoms with Crippen molar-refractivity contribution in [1.29, 1.82) is 0 Å². The Morgan fingerprint density at radius 3 is 2.58 bits per heavy atom. The van der Waals surface area contributed by atoms with Crippen molar-refractivity contribution in [3.8, 4) is 11.5 Å². The lowest BCUT2D eigenvalue weighted by molar-refractivity contribution is -0.142. The lowest BCUT2D eigenvalue weighted by Gasteiger charge is -2.17. The van der Waals surface area contributed by atoms with Crippen LogP contribution in [-0.4, -0.2) is 51.2 Å². The van der Waals surface area contributed by atoms with Crippen LogP contribution in [0.1, 0.15) is 54.6 Å². The van der Waals surface area contributed by atoms with Gasteiger partial charge in [-0.05, 0) is 32.3 Å². The van der Waals surface area contributed by atoms with Gasteiger partial charge in [0.05, 0.1) is 12.2 Å². The number of carbonyl (C=O) groups excluding carboxylic acids is 3. The van der Waals surface area contributed by atoms with Crippen LogP contribution in [0.4, 0.5) is 0 Å². The molecule has 2 aliphatic heterocycles. The second-order valence-corrected chi connectivity index (χ2v) is 6.68. The number of Topliss-reactive ketones (excluding diaryl/α,β-unsaturated/α-hetero) is 2. The summed E-state index contributed by atoms with van der Waals surface area (Å²) in [6.07, 6.45) is -2.72. The van der Waals surface area contributed by atoms with Gasteiger partial charge in [-0.1, -0.05) is 0 Å². The monoisotopic (exact) mass is 364 g/mol. The molecule has 2 aliphatic rings. The highest BCUT2D eigenvalue weighted by molar-refractivity contribution is 6.38. The summed E-state index contributed by atoms with van der Waals surface area (Å²) in [7, 11) is 0. The molecule has 4 atom stereocenters. The predicted molar refractivity (Wildman–Crippen MR) is 86.8 cm³/mol. The van der Waals surface area contributed by atoms with E-state index < -0.39 is 47.7 Å². The standard InChI is InChI=1S/C18H20O8/c1-8-3-2-4-11(20)16(23)13(22)7-14-17(26-14)10-5-9(19)6-12(21)15(10)18(24)25-8/h5-6,8,11,14,17,19-21H,2-4,7H2,1H3/t8-,11?,14+,17+/m0/s1. The minimum absolute atomic E-state index is 0.0944. The Morgan fingerprint density at radius 1 is 1.12 bits per heavy atom. The quantitative estimate of drug-likeness (QED) is 0.355. The molecule has 26 heavy (non-hydrogen) atoms. The molecule has 8 nitrogen and oxygen atoms in total. The first-order valence-corrected chi connectivity index (χ1v) is 8.45. The molecule has 140 valence electrons. The Hall–Kier alpha value is -2.45. The lowest BCUT2D eigenvalue weighted by atomic mass is 9.96. The Labute approximate surface area is 149 Å². The number of hydrogen-bond acceptors (Lipinski definition) is 8. The van der Waals surface area contributed by atoms with Crippen LogP contribution < -0.4 is 0 Å². The molecule has 0 radical (unpaired) electrons. The number of phenols is 2. The molecular formula is C18H20O8. The fourth-order valence-electron chi connectivity index (χ4n) is 3.15. The maximum Gasteiger partial charge on any atom is 0.342 e. The van der Waals surface area contributed by atoms with E-state index in [1.807, 2.05) is 0 Å². The maximum atomic E-state index is 12.5. The van der Waals surface area contributed by atoms with E-state index in [1.54, 1.807) is 6.92 Å². The summed E-state index contributed by atoms with van der Waals surface area (Å²) < 4.78 is 10.7. The number of carbonyl (C=O) groups is 3. The van der Waals surface area contributed by atoms with Gasteiger partial charge in [-0.25, -0.2) is 4.79 Å². The van der Waals surface area contributed by atoms with E-state index in [0.29, 0.717) is 12.8 Å². The summed E-state index contributed by atoms with van der Waals surface area (Å²) in [6.45, 7) is 1.65. The van der Waals surface area contributed by atoms with E-state index in [-0.39, 0.29) is 29.7 Å². The zero-order valence-corrected chi connectivity index (χ0v) is 14.2. The molecule has 1 unspecified atom stereocenters. The average molecular weight is 364 g/mol. The second-order valence-electron chi connectivity index (χ2n) is 6.68. The zero-order chi connectivity index (χ0) is 19.0. The number of phenolic OH excluding ortho intramolecular Hbond substituents is 2. The largest absolute Gasteiger partial charge is 0.508 e. The first-order chi connectivity index (χ1) is 12.3. The first kappa shape index (κ1) is 18.3. The lowest BCUT2D eigenvalue weighted by Crippen LogP contribution is -2.29. The van der Waals surface area contributed by atoms with Gasteiger partial charge in [-0.2, -0.15) is 0 Å². The smallest absolute Gasteiger partial charge is 0.342 e.